The van der Waals surface area contributed by atoms with Crippen LogP contribution in [0.3, 0.4) is 0 Å². The number of hydrogen-bond donors (Lipinski definition) is 0. The first-order chi connectivity index (χ1) is 8.25. The number of halogens is 1. The van der Waals surface area contributed by atoms with Gasteiger partial charge < -0.3 is 9.64 Å². The highest BCUT2D eigenvalue weighted by molar-refractivity contribution is 7.11. The molecule has 2 aromatic heterocycles. The highest BCUT2D eigenvalue weighted by Gasteiger charge is 2.18. The van der Waals surface area contributed by atoms with E-state index in [1.54, 1.807) is 11.3 Å². The second-order valence-corrected chi connectivity index (χ2v) is 5.39. The molecule has 17 heavy (non-hydrogen) atoms. The Morgan fingerprint density at radius 1 is 1.35 bits per heavy atom. The number of morpholine rings is 1. The van der Waals surface area contributed by atoms with E-state index in [-0.39, 0.29) is 0 Å². The molecule has 0 N–H and O–H groups in total. The third kappa shape index (κ3) is 1.99. The molecule has 1 aliphatic heterocycles. The van der Waals surface area contributed by atoms with Crippen molar-refractivity contribution < 1.29 is 4.74 Å². The summed E-state index contributed by atoms with van der Waals surface area (Å²) in [6, 6.07) is 0. The van der Waals surface area contributed by atoms with Gasteiger partial charge in [0.25, 0.3) is 0 Å². The number of nitrogens with zero attached hydrogens (tertiary/aromatic N) is 3. The summed E-state index contributed by atoms with van der Waals surface area (Å²) in [6.07, 6.45) is 0. The zero-order valence-corrected chi connectivity index (χ0v) is 11.0. The average molecular weight is 270 g/mol. The molecule has 1 fully saturated rings. The monoisotopic (exact) mass is 269 g/mol. The molecule has 1 aliphatic rings. The van der Waals surface area contributed by atoms with Crippen LogP contribution in [0.5, 0.6) is 0 Å². The minimum absolute atomic E-state index is 0.316. The van der Waals surface area contributed by atoms with Gasteiger partial charge in [-0.1, -0.05) is 0 Å². The van der Waals surface area contributed by atoms with Crippen LogP contribution < -0.4 is 4.90 Å². The van der Waals surface area contributed by atoms with E-state index in [2.05, 4.69) is 21.8 Å². The summed E-state index contributed by atoms with van der Waals surface area (Å²) in [6.45, 7) is 5.29. The lowest BCUT2D eigenvalue weighted by Crippen LogP contribution is -2.37. The number of aryl methyl sites for hydroxylation is 1. The van der Waals surface area contributed by atoms with Gasteiger partial charge in [0.05, 0.1) is 24.1 Å². The van der Waals surface area contributed by atoms with Crippen LogP contribution in [-0.4, -0.2) is 36.3 Å². The predicted octanol–water partition coefficient (Wildman–Crippen LogP) is 2.49. The summed E-state index contributed by atoms with van der Waals surface area (Å²) in [4.78, 5) is 12.1. The van der Waals surface area contributed by atoms with Crippen LogP contribution in [0.25, 0.3) is 10.9 Å². The van der Waals surface area contributed by atoms with E-state index in [9.17, 15) is 0 Å². The Balaban J connectivity index is 2.15. The van der Waals surface area contributed by atoms with Gasteiger partial charge in [-0.3, -0.25) is 0 Å². The van der Waals surface area contributed by atoms with E-state index in [1.165, 1.54) is 4.88 Å². The normalized spacial score (nSPS) is 16.7. The Morgan fingerprint density at radius 2 is 2.12 bits per heavy atom. The maximum Gasteiger partial charge on any atom is 0.224 e. The van der Waals surface area contributed by atoms with Crippen molar-refractivity contribution in [3.8, 4) is 0 Å². The fourth-order valence-electron chi connectivity index (χ4n) is 2.07. The Labute approximate surface area is 108 Å². The van der Waals surface area contributed by atoms with E-state index in [4.69, 9.17) is 16.3 Å². The molecule has 0 aliphatic carbocycles. The highest BCUT2D eigenvalue weighted by atomic mass is 35.5. The number of hydrogen-bond acceptors (Lipinski definition) is 5. The van der Waals surface area contributed by atoms with Crippen LogP contribution in [0, 0.1) is 6.92 Å². The number of rotatable bonds is 1. The second-order valence-electron chi connectivity index (χ2n) is 3.97. The van der Waals surface area contributed by atoms with Crippen molar-refractivity contribution in [1.82, 2.24) is 9.97 Å². The van der Waals surface area contributed by atoms with Gasteiger partial charge in [-0.25, -0.2) is 4.98 Å². The Kier molecular flexibility index (Phi) is 2.90. The molecule has 3 rings (SSSR count). The first-order valence-electron chi connectivity index (χ1n) is 5.50. The fourth-order valence-corrected chi connectivity index (χ4v) is 3.01. The van der Waals surface area contributed by atoms with Crippen molar-refractivity contribution in [2.75, 3.05) is 31.2 Å². The molecule has 0 radical (unpaired) electrons. The molecular weight excluding hydrogens is 258 g/mol. The Hall–Kier alpha value is -0.910. The molecule has 90 valence electrons. The van der Waals surface area contributed by atoms with Crippen molar-refractivity contribution in [2.45, 2.75) is 6.92 Å². The van der Waals surface area contributed by atoms with Gasteiger partial charge in [0, 0.05) is 23.3 Å². The van der Waals surface area contributed by atoms with Crippen LogP contribution in [0.2, 0.25) is 5.28 Å². The summed E-state index contributed by atoms with van der Waals surface area (Å²) in [5.74, 6) is 0.946. The van der Waals surface area contributed by atoms with Crippen LogP contribution in [0.15, 0.2) is 5.38 Å². The number of anilines is 1. The van der Waals surface area contributed by atoms with Crippen molar-refractivity contribution in [1.29, 1.82) is 0 Å². The van der Waals surface area contributed by atoms with E-state index in [0.29, 0.717) is 5.28 Å². The molecule has 0 saturated carbocycles. The minimum Gasteiger partial charge on any atom is -0.378 e. The fraction of sp³-hybridized carbons (Fsp3) is 0.455. The van der Waals surface area contributed by atoms with Gasteiger partial charge in [0.15, 0.2) is 0 Å². The minimum atomic E-state index is 0.316. The maximum atomic E-state index is 5.98. The SMILES string of the molecule is Cc1scc2nc(Cl)nc(N3CCOCC3)c12. The van der Waals surface area contributed by atoms with Crippen molar-refractivity contribution >= 4 is 39.7 Å². The second kappa shape index (κ2) is 4.40. The molecule has 0 aromatic carbocycles. The van der Waals surface area contributed by atoms with Gasteiger partial charge in [-0.15, -0.1) is 11.3 Å². The van der Waals surface area contributed by atoms with Crippen LogP contribution in [-0.2, 0) is 4.74 Å². The van der Waals surface area contributed by atoms with Gasteiger partial charge in [0.2, 0.25) is 5.28 Å². The van der Waals surface area contributed by atoms with Gasteiger partial charge in [-0.2, -0.15) is 4.98 Å². The highest BCUT2D eigenvalue weighted by Crippen LogP contribution is 2.32. The smallest absolute Gasteiger partial charge is 0.224 e. The number of aromatic nitrogens is 2. The first-order valence-corrected chi connectivity index (χ1v) is 6.75. The van der Waals surface area contributed by atoms with E-state index < -0.39 is 0 Å². The lowest BCUT2D eigenvalue weighted by atomic mass is 10.2. The van der Waals surface area contributed by atoms with Crippen molar-refractivity contribution in [2.24, 2.45) is 0 Å². The molecule has 0 atom stereocenters. The topological polar surface area (TPSA) is 38.2 Å². The quantitative estimate of drug-likeness (QED) is 0.746. The Bertz CT molecular complexity index is 551. The molecule has 1 saturated heterocycles. The summed E-state index contributed by atoms with van der Waals surface area (Å²) < 4.78 is 5.36. The number of thiophene rings is 1. The molecule has 4 nitrogen and oxygen atoms in total. The van der Waals surface area contributed by atoms with Gasteiger partial charge in [0.1, 0.15) is 5.82 Å². The number of fused-ring (bicyclic) bond motifs is 1. The molecule has 0 bridgehead atoms. The third-order valence-electron chi connectivity index (χ3n) is 2.90. The standard InChI is InChI=1S/C11H12ClN3OS/c1-7-9-8(6-17-7)13-11(12)14-10(9)15-2-4-16-5-3-15/h6H,2-5H2,1H3. The lowest BCUT2D eigenvalue weighted by molar-refractivity contribution is 0.122. The van der Waals surface area contributed by atoms with Crippen molar-refractivity contribution in [3.63, 3.8) is 0 Å². The summed E-state index contributed by atoms with van der Waals surface area (Å²) in [5.41, 5.74) is 0.939. The van der Waals surface area contributed by atoms with Crippen molar-refractivity contribution in [3.05, 3.63) is 15.5 Å². The van der Waals surface area contributed by atoms with Crippen LogP contribution in [0.4, 0.5) is 5.82 Å². The molecular formula is C11H12ClN3OS. The van der Waals surface area contributed by atoms with Gasteiger partial charge in [-0.05, 0) is 18.5 Å². The zero-order valence-electron chi connectivity index (χ0n) is 9.44. The molecule has 6 heteroatoms. The molecule has 2 aromatic rings. The third-order valence-corrected chi connectivity index (χ3v) is 3.97. The van der Waals surface area contributed by atoms with Crippen LogP contribution >= 0.6 is 22.9 Å². The molecule has 0 spiro atoms. The van der Waals surface area contributed by atoms with E-state index in [0.717, 1.165) is 43.0 Å². The zero-order chi connectivity index (χ0) is 11.8. The van der Waals surface area contributed by atoms with E-state index in [1.807, 2.05) is 5.38 Å². The van der Waals surface area contributed by atoms with Crippen LogP contribution in [0.1, 0.15) is 4.88 Å². The molecule has 0 unspecified atom stereocenters. The predicted molar refractivity (Wildman–Crippen MR) is 70.2 cm³/mol. The lowest BCUT2D eigenvalue weighted by Gasteiger charge is -2.28. The molecule has 3 heterocycles. The summed E-state index contributed by atoms with van der Waals surface area (Å²) >= 11 is 7.66. The largest absolute Gasteiger partial charge is 0.378 e. The average Bonchev–Trinajstić information content (AvgIpc) is 2.71. The summed E-state index contributed by atoms with van der Waals surface area (Å²) in [5, 5.41) is 3.47. The number of ether oxygens (including phenoxy) is 1. The maximum absolute atomic E-state index is 5.98. The Morgan fingerprint density at radius 3 is 2.88 bits per heavy atom. The molecule has 0 amide bonds. The summed E-state index contributed by atoms with van der Waals surface area (Å²) in [7, 11) is 0. The van der Waals surface area contributed by atoms with Gasteiger partial charge >= 0.3 is 0 Å². The van der Waals surface area contributed by atoms with E-state index >= 15 is 0 Å². The first kappa shape index (κ1) is 11.2.